The van der Waals surface area contributed by atoms with E-state index in [4.69, 9.17) is 0 Å². The molecule has 0 radical (unpaired) electrons. The molecule has 114 valence electrons. The van der Waals surface area contributed by atoms with Gasteiger partial charge in [0.2, 0.25) is 5.91 Å². The average Bonchev–Trinajstić information content (AvgIpc) is 2.55. The lowest BCUT2D eigenvalue weighted by atomic mass is 10.0. The quantitative estimate of drug-likeness (QED) is 0.643. The van der Waals surface area contributed by atoms with E-state index in [2.05, 4.69) is 5.32 Å². The predicted molar refractivity (Wildman–Crippen MR) is 91.1 cm³/mol. The fourth-order valence-corrected chi connectivity index (χ4v) is 3.23. The molecule has 0 aromatic heterocycles. The van der Waals surface area contributed by atoms with E-state index in [-0.39, 0.29) is 11.7 Å². The third kappa shape index (κ3) is 3.77. The first-order chi connectivity index (χ1) is 10.6. The van der Waals surface area contributed by atoms with Gasteiger partial charge in [-0.05, 0) is 31.2 Å². The molecule has 1 N–H and O–H groups in total. The van der Waals surface area contributed by atoms with Crippen molar-refractivity contribution in [3.8, 4) is 0 Å². The normalized spacial score (nSPS) is 13.2. The SMILES string of the molecule is CCC(=O)[C@](C)(Sc1ccccc1)C(=O)Nc1ccccc1. The Morgan fingerprint density at radius 3 is 2.09 bits per heavy atom. The van der Waals surface area contributed by atoms with Crippen molar-refractivity contribution in [1.82, 2.24) is 0 Å². The van der Waals surface area contributed by atoms with Crippen LogP contribution >= 0.6 is 11.8 Å². The van der Waals surface area contributed by atoms with Gasteiger partial charge in [-0.25, -0.2) is 0 Å². The third-order valence-electron chi connectivity index (χ3n) is 3.38. The Bertz CT molecular complexity index is 643. The van der Waals surface area contributed by atoms with E-state index in [9.17, 15) is 9.59 Å². The number of rotatable bonds is 6. The molecule has 0 saturated carbocycles. The lowest BCUT2D eigenvalue weighted by Crippen LogP contribution is -2.44. The van der Waals surface area contributed by atoms with E-state index in [0.29, 0.717) is 12.1 Å². The second-order valence-electron chi connectivity index (χ2n) is 5.05. The van der Waals surface area contributed by atoms with Crippen LogP contribution in [-0.4, -0.2) is 16.4 Å². The predicted octanol–water partition coefficient (Wildman–Crippen LogP) is 4.16. The number of nitrogens with one attached hydrogen (secondary N) is 1. The summed E-state index contributed by atoms with van der Waals surface area (Å²) in [4.78, 5) is 26.0. The zero-order valence-corrected chi connectivity index (χ0v) is 13.5. The highest BCUT2D eigenvalue weighted by molar-refractivity contribution is 8.02. The molecule has 0 fully saturated rings. The second-order valence-corrected chi connectivity index (χ2v) is 6.54. The van der Waals surface area contributed by atoms with E-state index < -0.39 is 4.75 Å². The summed E-state index contributed by atoms with van der Waals surface area (Å²) in [5, 5.41) is 2.84. The van der Waals surface area contributed by atoms with Gasteiger partial charge >= 0.3 is 0 Å². The van der Waals surface area contributed by atoms with Crippen molar-refractivity contribution in [2.45, 2.75) is 29.9 Å². The van der Waals surface area contributed by atoms with Crippen LogP contribution < -0.4 is 5.32 Å². The van der Waals surface area contributed by atoms with E-state index >= 15 is 0 Å². The highest BCUT2D eigenvalue weighted by atomic mass is 32.2. The summed E-state index contributed by atoms with van der Waals surface area (Å²) in [6, 6.07) is 18.7. The molecule has 4 heteroatoms. The maximum atomic E-state index is 12.7. The number of carbonyl (C=O) groups excluding carboxylic acids is 2. The smallest absolute Gasteiger partial charge is 0.248 e. The van der Waals surface area contributed by atoms with Crippen LogP contribution in [0.3, 0.4) is 0 Å². The average molecular weight is 313 g/mol. The number of ketones is 1. The number of anilines is 1. The lowest BCUT2D eigenvalue weighted by Gasteiger charge is -2.26. The van der Waals surface area contributed by atoms with Crippen LogP contribution in [0, 0.1) is 0 Å². The van der Waals surface area contributed by atoms with Gasteiger partial charge in [-0.1, -0.05) is 43.3 Å². The lowest BCUT2D eigenvalue weighted by molar-refractivity contribution is -0.128. The van der Waals surface area contributed by atoms with Gasteiger partial charge in [0, 0.05) is 17.0 Å². The number of benzene rings is 2. The Morgan fingerprint density at radius 2 is 1.55 bits per heavy atom. The van der Waals surface area contributed by atoms with Crippen LogP contribution in [0.25, 0.3) is 0 Å². The van der Waals surface area contributed by atoms with Crippen LogP contribution in [0.1, 0.15) is 20.3 Å². The molecule has 2 rings (SSSR count). The molecule has 0 unspecified atom stereocenters. The summed E-state index contributed by atoms with van der Waals surface area (Å²) in [6.07, 6.45) is 0.318. The van der Waals surface area contributed by atoms with Gasteiger partial charge in [-0.3, -0.25) is 9.59 Å². The Labute approximate surface area is 135 Å². The number of hydrogen-bond donors (Lipinski definition) is 1. The number of Topliss-reactive ketones (excluding diaryl/α,β-unsaturated/α-hetero) is 1. The molecule has 1 amide bonds. The van der Waals surface area contributed by atoms with Gasteiger partial charge in [0.1, 0.15) is 0 Å². The molecule has 0 aliphatic carbocycles. The molecule has 3 nitrogen and oxygen atoms in total. The molecule has 0 spiro atoms. The molecule has 22 heavy (non-hydrogen) atoms. The van der Waals surface area contributed by atoms with Crippen molar-refractivity contribution < 1.29 is 9.59 Å². The largest absolute Gasteiger partial charge is 0.324 e. The summed E-state index contributed by atoms with van der Waals surface area (Å²) in [5.41, 5.74) is 0.691. The molecule has 0 saturated heterocycles. The van der Waals surface area contributed by atoms with Crippen LogP contribution in [0.2, 0.25) is 0 Å². The highest BCUT2D eigenvalue weighted by Gasteiger charge is 2.41. The van der Waals surface area contributed by atoms with Crippen molar-refractivity contribution >= 4 is 29.1 Å². The zero-order chi connectivity index (χ0) is 16.0. The van der Waals surface area contributed by atoms with Crippen molar-refractivity contribution in [1.29, 1.82) is 0 Å². The first-order valence-electron chi connectivity index (χ1n) is 7.20. The number of para-hydroxylation sites is 1. The van der Waals surface area contributed by atoms with Gasteiger partial charge in [0.05, 0.1) is 0 Å². The Balaban J connectivity index is 2.25. The maximum Gasteiger partial charge on any atom is 0.248 e. The second kappa shape index (κ2) is 7.27. The van der Waals surface area contributed by atoms with Crippen molar-refractivity contribution in [3.05, 3.63) is 60.7 Å². The number of amides is 1. The Hall–Kier alpha value is -2.07. The molecule has 0 aliphatic heterocycles. The molecule has 2 aromatic carbocycles. The summed E-state index contributed by atoms with van der Waals surface area (Å²) in [6.45, 7) is 3.47. The van der Waals surface area contributed by atoms with E-state index in [1.165, 1.54) is 11.8 Å². The number of thioether (sulfide) groups is 1. The minimum absolute atomic E-state index is 0.0882. The van der Waals surface area contributed by atoms with Crippen molar-refractivity contribution in [2.75, 3.05) is 5.32 Å². The molecule has 0 bridgehead atoms. The minimum Gasteiger partial charge on any atom is -0.324 e. The summed E-state index contributed by atoms with van der Waals surface area (Å²) in [7, 11) is 0. The Kier molecular flexibility index (Phi) is 5.39. The van der Waals surface area contributed by atoms with Crippen molar-refractivity contribution in [3.63, 3.8) is 0 Å². The Morgan fingerprint density at radius 1 is 1.00 bits per heavy atom. The van der Waals surface area contributed by atoms with Crippen LogP contribution in [0.15, 0.2) is 65.6 Å². The molecule has 2 aromatic rings. The highest BCUT2D eigenvalue weighted by Crippen LogP contribution is 2.35. The standard InChI is InChI=1S/C18H19NO2S/c1-3-16(20)18(2,22-15-12-8-5-9-13-15)17(21)19-14-10-6-4-7-11-14/h4-13H,3H2,1-2H3,(H,19,21)/t18-/m0/s1. The third-order valence-corrected chi connectivity index (χ3v) is 4.71. The first-order valence-corrected chi connectivity index (χ1v) is 8.02. The van der Waals surface area contributed by atoms with Crippen molar-refractivity contribution in [2.24, 2.45) is 0 Å². The topological polar surface area (TPSA) is 46.2 Å². The van der Waals surface area contributed by atoms with E-state index in [0.717, 1.165) is 4.90 Å². The summed E-state index contributed by atoms with van der Waals surface area (Å²) >= 11 is 1.29. The van der Waals surface area contributed by atoms with Gasteiger partial charge < -0.3 is 5.32 Å². The van der Waals surface area contributed by atoms with E-state index in [1.54, 1.807) is 13.8 Å². The molecule has 1 atom stereocenters. The molecule has 0 heterocycles. The summed E-state index contributed by atoms with van der Waals surface area (Å²) in [5.74, 6) is -0.380. The number of hydrogen-bond acceptors (Lipinski definition) is 3. The van der Waals surface area contributed by atoms with Crippen LogP contribution in [0.5, 0.6) is 0 Å². The van der Waals surface area contributed by atoms with Gasteiger partial charge in [0.15, 0.2) is 10.5 Å². The van der Waals surface area contributed by atoms with Crippen LogP contribution in [-0.2, 0) is 9.59 Å². The van der Waals surface area contributed by atoms with Crippen LogP contribution in [0.4, 0.5) is 5.69 Å². The zero-order valence-electron chi connectivity index (χ0n) is 12.7. The van der Waals surface area contributed by atoms with Gasteiger partial charge in [0.25, 0.3) is 0 Å². The number of carbonyl (C=O) groups is 2. The summed E-state index contributed by atoms with van der Waals surface area (Å²) < 4.78 is -1.15. The van der Waals surface area contributed by atoms with E-state index in [1.807, 2.05) is 60.7 Å². The fourth-order valence-electron chi connectivity index (χ4n) is 2.06. The van der Waals surface area contributed by atoms with Gasteiger partial charge in [-0.15, -0.1) is 11.8 Å². The monoisotopic (exact) mass is 313 g/mol. The molecular formula is C18H19NO2S. The maximum absolute atomic E-state index is 12.7. The molecule has 0 aliphatic rings. The first kappa shape index (κ1) is 16.3. The fraction of sp³-hybridized carbons (Fsp3) is 0.222. The molecular weight excluding hydrogens is 294 g/mol. The van der Waals surface area contributed by atoms with Gasteiger partial charge in [-0.2, -0.15) is 0 Å². The minimum atomic E-state index is -1.15.